The van der Waals surface area contributed by atoms with Crippen molar-refractivity contribution in [3.63, 3.8) is 0 Å². The van der Waals surface area contributed by atoms with E-state index in [1.54, 1.807) is 0 Å². The predicted octanol–water partition coefficient (Wildman–Crippen LogP) is 3.10. The van der Waals surface area contributed by atoms with E-state index in [2.05, 4.69) is 34.9 Å². The van der Waals surface area contributed by atoms with Crippen molar-refractivity contribution >= 4 is 5.91 Å². The van der Waals surface area contributed by atoms with Crippen LogP contribution in [0.2, 0.25) is 0 Å². The van der Waals surface area contributed by atoms with Gasteiger partial charge in [0.1, 0.15) is 0 Å². The van der Waals surface area contributed by atoms with Crippen LogP contribution in [-0.2, 0) is 11.2 Å². The van der Waals surface area contributed by atoms with E-state index in [-0.39, 0.29) is 11.9 Å². The van der Waals surface area contributed by atoms with Gasteiger partial charge >= 0.3 is 0 Å². The molecule has 1 saturated heterocycles. The zero-order valence-corrected chi connectivity index (χ0v) is 12.7. The average Bonchev–Trinajstić information content (AvgIpc) is 2.54. The molecule has 0 bridgehead atoms. The van der Waals surface area contributed by atoms with Gasteiger partial charge in [0.05, 0.1) is 6.04 Å². The first kappa shape index (κ1) is 14.6. The number of nitrogens with one attached hydrogen (secondary N) is 2. The molecular weight excluding hydrogens is 260 g/mol. The number of amides is 1. The van der Waals surface area contributed by atoms with E-state index >= 15 is 0 Å². The van der Waals surface area contributed by atoms with Crippen molar-refractivity contribution in [2.75, 3.05) is 6.54 Å². The van der Waals surface area contributed by atoms with Gasteiger partial charge in [0.2, 0.25) is 5.91 Å². The molecule has 1 aromatic rings. The number of aryl methyl sites for hydroxylation is 1. The highest BCUT2D eigenvalue weighted by molar-refractivity contribution is 5.76. The molecule has 0 aromatic heterocycles. The molecular formula is C18H26N2O. The minimum absolute atomic E-state index is 0.212. The van der Waals surface area contributed by atoms with Crippen LogP contribution in [0.15, 0.2) is 24.3 Å². The van der Waals surface area contributed by atoms with Gasteiger partial charge in [0.15, 0.2) is 0 Å². The number of piperidine rings is 1. The SMILES string of the molecule is O=C(CCC1CCCCN1)NC1CCCc2ccccc21. The van der Waals surface area contributed by atoms with Crippen LogP contribution in [0.3, 0.4) is 0 Å². The van der Waals surface area contributed by atoms with E-state index in [1.807, 2.05) is 0 Å². The van der Waals surface area contributed by atoms with Crippen molar-refractivity contribution in [2.45, 2.75) is 63.5 Å². The van der Waals surface area contributed by atoms with Crippen LogP contribution in [0.5, 0.6) is 0 Å². The molecule has 1 aliphatic heterocycles. The molecule has 114 valence electrons. The molecule has 1 amide bonds. The van der Waals surface area contributed by atoms with Crippen molar-refractivity contribution in [3.8, 4) is 0 Å². The Morgan fingerprint density at radius 1 is 1.19 bits per heavy atom. The monoisotopic (exact) mass is 286 g/mol. The number of carbonyl (C=O) groups excluding carboxylic acids is 1. The van der Waals surface area contributed by atoms with Gasteiger partial charge in [-0.05, 0) is 56.2 Å². The number of hydrogen-bond donors (Lipinski definition) is 2. The predicted molar refractivity (Wildman–Crippen MR) is 85.1 cm³/mol. The fourth-order valence-corrected chi connectivity index (χ4v) is 3.65. The Morgan fingerprint density at radius 3 is 2.95 bits per heavy atom. The van der Waals surface area contributed by atoms with E-state index < -0.39 is 0 Å². The maximum Gasteiger partial charge on any atom is 0.220 e. The molecule has 2 atom stereocenters. The van der Waals surface area contributed by atoms with E-state index in [0.29, 0.717) is 12.5 Å². The standard InChI is InChI=1S/C18H26N2O/c21-18(12-11-15-8-3-4-13-19-15)20-17-10-5-7-14-6-1-2-9-16(14)17/h1-2,6,9,15,17,19H,3-5,7-8,10-13H2,(H,20,21). The Hall–Kier alpha value is -1.35. The number of hydrogen-bond acceptors (Lipinski definition) is 2. The molecule has 1 aromatic carbocycles. The number of fused-ring (bicyclic) bond motifs is 1. The van der Waals surface area contributed by atoms with Crippen molar-refractivity contribution in [1.82, 2.24) is 10.6 Å². The Kier molecular flexibility index (Phi) is 4.91. The molecule has 2 unspecified atom stereocenters. The summed E-state index contributed by atoms with van der Waals surface area (Å²) in [7, 11) is 0. The van der Waals surface area contributed by atoms with Crippen molar-refractivity contribution < 1.29 is 4.79 Å². The summed E-state index contributed by atoms with van der Waals surface area (Å²) in [5, 5.41) is 6.76. The lowest BCUT2D eigenvalue weighted by Gasteiger charge is -2.27. The van der Waals surface area contributed by atoms with Crippen LogP contribution in [0.1, 0.15) is 62.1 Å². The molecule has 0 radical (unpaired) electrons. The third kappa shape index (κ3) is 3.85. The Balaban J connectivity index is 1.51. The van der Waals surface area contributed by atoms with E-state index in [9.17, 15) is 4.79 Å². The molecule has 21 heavy (non-hydrogen) atoms. The first-order valence-electron chi connectivity index (χ1n) is 8.43. The van der Waals surface area contributed by atoms with Gasteiger partial charge in [-0.3, -0.25) is 4.79 Å². The molecule has 3 nitrogen and oxygen atoms in total. The Morgan fingerprint density at radius 2 is 2.10 bits per heavy atom. The maximum absolute atomic E-state index is 12.2. The first-order valence-corrected chi connectivity index (χ1v) is 8.43. The summed E-state index contributed by atoms with van der Waals surface area (Å²) < 4.78 is 0. The normalized spacial score (nSPS) is 25.1. The highest BCUT2D eigenvalue weighted by Gasteiger charge is 2.21. The van der Waals surface area contributed by atoms with Gasteiger partial charge in [-0.25, -0.2) is 0 Å². The van der Waals surface area contributed by atoms with Crippen LogP contribution >= 0.6 is 0 Å². The summed E-state index contributed by atoms with van der Waals surface area (Å²) in [6.45, 7) is 1.11. The zero-order chi connectivity index (χ0) is 14.5. The molecule has 0 spiro atoms. The Bertz CT molecular complexity index is 480. The molecule has 0 saturated carbocycles. The smallest absolute Gasteiger partial charge is 0.220 e. The summed E-state index contributed by atoms with van der Waals surface area (Å²) in [5.41, 5.74) is 2.73. The van der Waals surface area contributed by atoms with Gasteiger partial charge in [-0.15, -0.1) is 0 Å². The molecule has 3 rings (SSSR count). The summed E-state index contributed by atoms with van der Waals surface area (Å²) in [6, 6.07) is 9.30. The number of benzene rings is 1. The van der Waals surface area contributed by atoms with Gasteiger partial charge in [0.25, 0.3) is 0 Å². The molecule has 2 N–H and O–H groups in total. The van der Waals surface area contributed by atoms with Crippen LogP contribution in [-0.4, -0.2) is 18.5 Å². The summed E-state index contributed by atoms with van der Waals surface area (Å²) in [4.78, 5) is 12.2. The minimum Gasteiger partial charge on any atom is -0.349 e. The van der Waals surface area contributed by atoms with Crippen molar-refractivity contribution in [3.05, 3.63) is 35.4 Å². The van der Waals surface area contributed by atoms with E-state index in [0.717, 1.165) is 25.8 Å². The second-order valence-electron chi connectivity index (χ2n) is 6.40. The number of carbonyl (C=O) groups is 1. The topological polar surface area (TPSA) is 41.1 Å². The van der Waals surface area contributed by atoms with Gasteiger partial charge in [-0.2, -0.15) is 0 Å². The summed E-state index contributed by atoms with van der Waals surface area (Å²) >= 11 is 0. The molecule has 2 aliphatic rings. The summed E-state index contributed by atoms with van der Waals surface area (Å²) in [6.07, 6.45) is 8.82. The molecule has 1 fully saturated rings. The largest absolute Gasteiger partial charge is 0.349 e. The Labute approximate surface area is 127 Å². The maximum atomic E-state index is 12.2. The van der Waals surface area contributed by atoms with Crippen LogP contribution in [0, 0.1) is 0 Å². The average molecular weight is 286 g/mol. The van der Waals surface area contributed by atoms with Crippen molar-refractivity contribution in [1.29, 1.82) is 0 Å². The third-order valence-electron chi connectivity index (χ3n) is 4.84. The van der Waals surface area contributed by atoms with Gasteiger partial charge in [0, 0.05) is 12.5 Å². The molecule has 1 aliphatic carbocycles. The van der Waals surface area contributed by atoms with Gasteiger partial charge < -0.3 is 10.6 Å². The van der Waals surface area contributed by atoms with Crippen LogP contribution in [0.4, 0.5) is 0 Å². The highest BCUT2D eigenvalue weighted by Crippen LogP contribution is 2.29. The second kappa shape index (κ2) is 7.08. The lowest BCUT2D eigenvalue weighted by atomic mass is 9.87. The fraction of sp³-hybridized carbons (Fsp3) is 0.611. The fourth-order valence-electron chi connectivity index (χ4n) is 3.65. The van der Waals surface area contributed by atoms with Crippen molar-refractivity contribution in [2.24, 2.45) is 0 Å². The van der Waals surface area contributed by atoms with E-state index in [1.165, 1.54) is 36.8 Å². The lowest BCUT2D eigenvalue weighted by Crippen LogP contribution is -2.36. The lowest BCUT2D eigenvalue weighted by molar-refractivity contribution is -0.122. The van der Waals surface area contributed by atoms with E-state index in [4.69, 9.17) is 0 Å². The van der Waals surface area contributed by atoms with Crippen LogP contribution < -0.4 is 10.6 Å². The number of rotatable bonds is 4. The first-order chi connectivity index (χ1) is 10.3. The summed E-state index contributed by atoms with van der Waals surface area (Å²) in [5.74, 6) is 0.212. The zero-order valence-electron chi connectivity index (χ0n) is 12.7. The third-order valence-corrected chi connectivity index (χ3v) is 4.84. The van der Waals surface area contributed by atoms with Crippen LogP contribution in [0.25, 0.3) is 0 Å². The second-order valence-corrected chi connectivity index (χ2v) is 6.40. The minimum atomic E-state index is 0.212. The molecule has 1 heterocycles. The molecule has 3 heteroatoms. The highest BCUT2D eigenvalue weighted by atomic mass is 16.1. The van der Waals surface area contributed by atoms with Gasteiger partial charge in [-0.1, -0.05) is 30.7 Å². The quantitative estimate of drug-likeness (QED) is 0.893.